The number of amides is 1. The molecule has 3 aromatic rings. The largest absolute Gasteiger partial charge is 0.348 e. The van der Waals surface area contributed by atoms with E-state index in [0.717, 1.165) is 5.56 Å². The minimum absolute atomic E-state index is 0.0329. The van der Waals surface area contributed by atoms with Crippen LogP contribution in [0.15, 0.2) is 52.9 Å². The maximum absolute atomic E-state index is 12.2. The Morgan fingerprint density at radius 3 is 2.86 bits per heavy atom. The second-order valence-electron chi connectivity index (χ2n) is 5.02. The van der Waals surface area contributed by atoms with Crippen LogP contribution in [0, 0.1) is 0 Å². The predicted molar refractivity (Wildman–Crippen MR) is 86.9 cm³/mol. The maximum Gasteiger partial charge on any atom is 0.262 e. The summed E-state index contributed by atoms with van der Waals surface area (Å²) < 4.78 is 1.34. The summed E-state index contributed by atoms with van der Waals surface area (Å²) in [5.74, 6) is -0.213. The number of nitrogens with zero attached hydrogens (tertiary/aromatic N) is 2. The molecule has 2 aromatic heterocycles. The van der Waals surface area contributed by atoms with Gasteiger partial charge in [0.2, 0.25) is 5.91 Å². The number of benzene rings is 1. The number of hydrogen-bond donors (Lipinski definition) is 1. The molecule has 0 spiro atoms. The topological polar surface area (TPSA) is 64.0 Å². The molecule has 1 amide bonds. The zero-order valence-electron chi connectivity index (χ0n) is 12.0. The Labute approximate surface area is 131 Å². The van der Waals surface area contributed by atoms with E-state index < -0.39 is 0 Å². The molecule has 0 aliphatic heterocycles. The summed E-state index contributed by atoms with van der Waals surface area (Å²) in [6.07, 6.45) is 1.42. The first kappa shape index (κ1) is 14.5. The summed E-state index contributed by atoms with van der Waals surface area (Å²) in [5.41, 5.74) is 0.836. The average Bonchev–Trinajstić information content (AvgIpc) is 3.00. The zero-order chi connectivity index (χ0) is 15.5. The molecular formula is C16H15N3O2S. The van der Waals surface area contributed by atoms with Crippen LogP contribution in [0.3, 0.4) is 0 Å². The Hall–Kier alpha value is -2.47. The first-order chi connectivity index (χ1) is 10.6. The van der Waals surface area contributed by atoms with Gasteiger partial charge in [-0.1, -0.05) is 30.3 Å². The van der Waals surface area contributed by atoms with Crippen LogP contribution in [0.5, 0.6) is 0 Å². The number of carbonyl (C=O) groups excluding carboxylic acids is 1. The van der Waals surface area contributed by atoms with Crippen LogP contribution in [0.4, 0.5) is 0 Å². The molecule has 6 heteroatoms. The van der Waals surface area contributed by atoms with Crippen molar-refractivity contribution in [3.05, 3.63) is 64.0 Å². The molecule has 1 aromatic carbocycles. The third-order valence-electron chi connectivity index (χ3n) is 3.44. The molecule has 5 nitrogen and oxygen atoms in total. The third-order valence-corrected chi connectivity index (χ3v) is 4.26. The normalized spacial score (nSPS) is 12.2. The number of nitrogens with one attached hydrogen (secondary N) is 1. The van der Waals surface area contributed by atoms with Gasteiger partial charge in [-0.3, -0.25) is 14.2 Å². The van der Waals surface area contributed by atoms with Crippen molar-refractivity contribution < 1.29 is 4.79 Å². The first-order valence-electron chi connectivity index (χ1n) is 6.92. The van der Waals surface area contributed by atoms with Gasteiger partial charge in [0.05, 0.1) is 17.8 Å². The van der Waals surface area contributed by atoms with Crippen molar-refractivity contribution in [2.24, 2.45) is 0 Å². The zero-order valence-corrected chi connectivity index (χ0v) is 12.8. The van der Waals surface area contributed by atoms with Crippen LogP contribution in [-0.2, 0) is 11.3 Å². The van der Waals surface area contributed by atoms with Crippen molar-refractivity contribution in [2.45, 2.75) is 19.5 Å². The molecule has 0 bridgehead atoms. The van der Waals surface area contributed by atoms with Gasteiger partial charge >= 0.3 is 0 Å². The smallest absolute Gasteiger partial charge is 0.262 e. The SMILES string of the molecule is CC(NC(=O)Cn1cnc2sccc2c1=O)c1ccccc1. The van der Waals surface area contributed by atoms with Crippen molar-refractivity contribution in [2.75, 3.05) is 0 Å². The Bertz CT molecular complexity index is 854. The number of rotatable bonds is 4. The van der Waals surface area contributed by atoms with E-state index in [1.165, 1.54) is 22.2 Å². The third kappa shape index (κ3) is 2.92. The summed E-state index contributed by atoms with van der Waals surface area (Å²) in [7, 11) is 0. The molecule has 22 heavy (non-hydrogen) atoms. The summed E-state index contributed by atoms with van der Waals surface area (Å²) >= 11 is 1.41. The molecule has 0 fully saturated rings. The fraction of sp³-hybridized carbons (Fsp3) is 0.188. The lowest BCUT2D eigenvalue weighted by molar-refractivity contribution is -0.122. The molecule has 0 aliphatic carbocycles. The standard InChI is InChI=1S/C16H15N3O2S/c1-11(12-5-3-2-4-6-12)18-14(20)9-19-10-17-15-13(16(19)21)7-8-22-15/h2-8,10-11H,9H2,1H3,(H,18,20). The number of aromatic nitrogens is 2. The quantitative estimate of drug-likeness (QED) is 0.804. The van der Waals surface area contributed by atoms with Gasteiger partial charge in [0.15, 0.2) is 0 Å². The monoisotopic (exact) mass is 313 g/mol. The van der Waals surface area contributed by atoms with E-state index in [9.17, 15) is 9.59 Å². The van der Waals surface area contributed by atoms with Crippen molar-refractivity contribution in [1.82, 2.24) is 14.9 Å². The van der Waals surface area contributed by atoms with Crippen LogP contribution in [0.1, 0.15) is 18.5 Å². The highest BCUT2D eigenvalue weighted by atomic mass is 32.1. The Morgan fingerprint density at radius 2 is 2.09 bits per heavy atom. The van der Waals surface area contributed by atoms with Gasteiger partial charge < -0.3 is 5.32 Å². The number of hydrogen-bond acceptors (Lipinski definition) is 4. The lowest BCUT2D eigenvalue weighted by Gasteiger charge is -2.14. The highest BCUT2D eigenvalue weighted by molar-refractivity contribution is 7.16. The highest BCUT2D eigenvalue weighted by Crippen LogP contribution is 2.13. The van der Waals surface area contributed by atoms with E-state index in [2.05, 4.69) is 10.3 Å². The minimum Gasteiger partial charge on any atom is -0.348 e. The van der Waals surface area contributed by atoms with Crippen molar-refractivity contribution in [3.8, 4) is 0 Å². The van der Waals surface area contributed by atoms with Crippen molar-refractivity contribution >= 4 is 27.5 Å². The summed E-state index contributed by atoms with van der Waals surface area (Å²) in [6.45, 7) is 1.88. The lowest BCUT2D eigenvalue weighted by atomic mass is 10.1. The van der Waals surface area contributed by atoms with E-state index in [4.69, 9.17) is 0 Å². The molecule has 0 saturated carbocycles. The van der Waals surface area contributed by atoms with E-state index in [1.54, 1.807) is 6.07 Å². The van der Waals surface area contributed by atoms with E-state index >= 15 is 0 Å². The van der Waals surface area contributed by atoms with Crippen LogP contribution in [0.25, 0.3) is 10.2 Å². The summed E-state index contributed by atoms with van der Waals surface area (Å²) in [4.78, 5) is 29.2. The average molecular weight is 313 g/mol. The molecule has 1 unspecified atom stereocenters. The number of thiophene rings is 1. The Kier molecular flexibility index (Phi) is 4.02. The second kappa shape index (κ2) is 6.11. The fourth-order valence-electron chi connectivity index (χ4n) is 2.27. The number of fused-ring (bicyclic) bond motifs is 1. The summed E-state index contributed by atoms with van der Waals surface area (Å²) in [6, 6.07) is 11.3. The first-order valence-corrected chi connectivity index (χ1v) is 7.80. The van der Waals surface area contributed by atoms with Gasteiger partial charge in [-0.2, -0.15) is 0 Å². The van der Waals surface area contributed by atoms with Gasteiger partial charge in [0.25, 0.3) is 5.56 Å². The van der Waals surface area contributed by atoms with Gasteiger partial charge in [0.1, 0.15) is 11.4 Å². The van der Waals surface area contributed by atoms with E-state index in [-0.39, 0.29) is 24.1 Å². The molecule has 2 heterocycles. The molecule has 0 radical (unpaired) electrons. The Morgan fingerprint density at radius 1 is 1.32 bits per heavy atom. The maximum atomic E-state index is 12.2. The van der Waals surface area contributed by atoms with Crippen LogP contribution >= 0.6 is 11.3 Å². The fourth-order valence-corrected chi connectivity index (χ4v) is 3.00. The van der Waals surface area contributed by atoms with Crippen LogP contribution in [0.2, 0.25) is 0 Å². The molecule has 1 N–H and O–H groups in total. The highest BCUT2D eigenvalue weighted by Gasteiger charge is 2.12. The van der Waals surface area contributed by atoms with Crippen LogP contribution in [-0.4, -0.2) is 15.5 Å². The van der Waals surface area contributed by atoms with Crippen molar-refractivity contribution in [3.63, 3.8) is 0 Å². The molecule has 112 valence electrons. The van der Waals surface area contributed by atoms with Crippen molar-refractivity contribution in [1.29, 1.82) is 0 Å². The van der Waals surface area contributed by atoms with E-state index in [1.807, 2.05) is 42.6 Å². The molecule has 0 saturated heterocycles. The predicted octanol–water partition coefficient (Wildman–Crippen LogP) is 2.34. The lowest BCUT2D eigenvalue weighted by Crippen LogP contribution is -2.33. The summed E-state index contributed by atoms with van der Waals surface area (Å²) in [5, 5.41) is 5.26. The molecular weight excluding hydrogens is 298 g/mol. The van der Waals surface area contributed by atoms with Gasteiger partial charge in [-0.15, -0.1) is 11.3 Å². The molecule has 1 atom stereocenters. The van der Waals surface area contributed by atoms with Gasteiger partial charge in [0, 0.05) is 0 Å². The molecule has 0 aliphatic rings. The van der Waals surface area contributed by atoms with Gasteiger partial charge in [-0.25, -0.2) is 4.98 Å². The molecule has 3 rings (SSSR count). The van der Waals surface area contributed by atoms with E-state index in [0.29, 0.717) is 10.2 Å². The number of carbonyl (C=O) groups is 1. The second-order valence-corrected chi connectivity index (χ2v) is 5.91. The van der Waals surface area contributed by atoms with Crippen LogP contribution < -0.4 is 10.9 Å². The van der Waals surface area contributed by atoms with Gasteiger partial charge in [-0.05, 0) is 23.9 Å². The minimum atomic E-state index is -0.213. The Balaban J connectivity index is 1.73.